The van der Waals surface area contributed by atoms with Gasteiger partial charge in [0.05, 0.1) is 17.1 Å². The van der Waals surface area contributed by atoms with Crippen LogP contribution in [0.4, 0.5) is 17.2 Å². The van der Waals surface area contributed by atoms with Crippen LogP contribution in [0.2, 0.25) is 0 Å². The van der Waals surface area contributed by atoms with Crippen LogP contribution in [0.25, 0.3) is 33.6 Å². The van der Waals surface area contributed by atoms with Crippen molar-refractivity contribution in [2.24, 2.45) is 0 Å². The highest BCUT2D eigenvalue weighted by Gasteiger charge is 2.23. The molecular weight excluding hydrogens is 538 g/mol. The van der Waals surface area contributed by atoms with Crippen LogP contribution in [0.5, 0.6) is 5.75 Å². The summed E-state index contributed by atoms with van der Waals surface area (Å²) in [6, 6.07) is 40.8. The lowest BCUT2D eigenvalue weighted by molar-refractivity contribution is 0.479. The zero-order valence-electron chi connectivity index (χ0n) is 25.9. The number of rotatable bonds is 6. The second-order valence-corrected chi connectivity index (χ2v) is 12.3. The SMILES string of the molecule is Cc1cc(C(C)(C)C)cc(C)c1N(c1cccc(-c2cccc(-c3ccccc3)c2O)c1)c1cccc(-c2ccccn2)n1. The Balaban J connectivity index is 1.53. The normalized spacial score (nSPS) is 11.4. The molecule has 0 unspecified atom stereocenters. The lowest BCUT2D eigenvalue weighted by atomic mass is 9.84. The molecule has 2 heterocycles. The summed E-state index contributed by atoms with van der Waals surface area (Å²) in [5, 5.41) is 11.5. The second-order valence-electron chi connectivity index (χ2n) is 12.3. The van der Waals surface area contributed by atoms with Gasteiger partial charge in [0.1, 0.15) is 11.6 Å². The number of aromatic nitrogens is 2. The second kappa shape index (κ2) is 11.8. The number of phenols is 1. The highest BCUT2D eigenvalue weighted by molar-refractivity contribution is 5.86. The van der Waals surface area contributed by atoms with Crippen molar-refractivity contribution in [3.05, 3.63) is 144 Å². The van der Waals surface area contributed by atoms with E-state index in [1.807, 2.05) is 97.1 Å². The van der Waals surface area contributed by atoms with Crippen molar-refractivity contribution in [3.63, 3.8) is 0 Å². The maximum absolute atomic E-state index is 11.5. The Labute approximate surface area is 260 Å². The van der Waals surface area contributed by atoms with Gasteiger partial charge in [-0.05, 0) is 83.5 Å². The molecule has 4 aromatic carbocycles. The van der Waals surface area contributed by atoms with Crippen molar-refractivity contribution in [3.8, 4) is 39.4 Å². The molecule has 0 aliphatic heterocycles. The molecule has 0 aliphatic rings. The predicted octanol–water partition coefficient (Wildman–Crippen LogP) is 10.6. The van der Waals surface area contributed by atoms with Crippen LogP contribution in [0, 0.1) is 13.8 Å². The fourth-order valence-electron chi connectivity index (χ4n) is 5.76. The summed E-state index contributed by atoms with van der Waals surface area (Å²) >= 11 is 0. The zero-order chi connectivity index (χ0) is 30.8. The first-order valence-electron chi connectivity index (χ1n) is 15.0. The van der Waals surface area contributed by atoms with E-state index in [1.165, 1.54) is 16.7 Å². The Morgan fingerprint density at radius 1 is 0.614 bits per heavy atom. The summed E-state index contributed by atoms with van der Waals surface area (Å²) < 4.78 is 0. The summed E-state index contributed by atoms with van der Waals surface area (Å²) in [4.78, 5) is 11.9. The van der Waals surface area contributed by atoms with Crippen LogP contribution < -0.4 is 4.90 Å². The highest BCUT2D eigenvalue weighted by atomic mass is 16.3. The average molecular weight is 576 g/mol. The van der Waals surface area contributed by atoms with Crippen molar-refractivity contribution in [2.45, 2.75) is 40.0 Å². The number of aryl methyl sites for hydroxylation is 2. The van der Waals surface area contributed by atoms with Crippen molar-refractivity contribution in [1.29, 1.82) is 0 Å². The van der Waals surface area contributed by atoms with E-state index in [9.17, 15) is 5.11 Å². The van der Waals surface area contributed by atoms with Gasteiger partial charge in [-0.2, -0.15) is 0 Å². The van der Waals surface area contributed by atoms with Gasteiger partial charge in [0.2, 0.25) is 0 Å². The van der Waals surface area contributed by atoms with Crippen molar-refractivity contribution in [1.82, 2.24) is 9.97 Å². The molecule has 0 aliphatic carbocycles. The van der Waals surface area contributed by atoms with Gasteiger partial charge in [0.25, 0.3) is 0 Å². The van der Waals surface area contributed by atoms with Gasteiger partial charge in [-0.1, -0.05) is 106 Å². The lowest BCUT2D eigenvalue weighted by Gasteiger charge is -2.30. The number of phenolic OH excluding ortho intramolecular Hbond substituents is 1. The number of benzene rings is 4. The molecule has 218 valence electrons. The fourth-order valence-corrected chi connectivity index (χ4v) is 5.76. The van der Waals surface area contributed by atoms with E-state index in [0.29, 0.717) is 0 Å². The van der Waals surface area contributed by atoms with E-state index in [2.05, 4.69) is 68.8 Å². The number of para-hydroxylation sites is 1. The smallest absolute Gasteiger partial charge is 0.138 e. The first-order chi connectivity index (χ1) is 21.2. The molecule has 0 radical (unpaired) electrons. The lowest BCUT2D eigenvalue weighted by Crippen LogP contribution is -2.17. The van der Waals surface area contributed by atoms with Gasteiger partial charge in [-0.3, -0.25) is 9.88 Å². The number of anilines is 3. The van der Waals surface area contributed by atoms with Gasteiger partial charge in [0.15, 0.2) is 0 Å². The highest BCUT2D eigenvalue weighted by Crippen LogP contribution is 2.43. The van der Waals surface area contributed by atoms with Gasteiger partial charge >= 0.3 is 0 Å². The van der Waals surface area contributed by atoms with Crippen molar-refractivity contribution >= 4 is 17.2 Å². The van der Waals surface area contributed by atoms with E-state index in [0.717, 1.165) is 50.8 Å². The molecule has 44 heavy (non-hydrogen) atoms. The van der Waals surface area contributed by atoms with Crippen molar-refractivity contribution < 1.29 is 5.11 Å². The quantitative estimate of drug-likeness (QED) is 0.215. The molecule has 0 saturated carbocycles. The van der Waals surface area contributed by atoms with Crippen LogP contribution in [0.3, 0.4) is 0 Å². The Bertz CT molecular complexity index is 1900. The van der Waals surface area contributed by atoms with Crippen LogP contribution >= 0.6 is 0 Å². The summed E-state index contributed by atoms with van der Waals surface area (Å²) in [5.74, 6) is 1.06. The Hall–Kier alpha value is -5.22. The molecule has 0 fully saturated rings. The van der Waals surface area contributed by atoms with E-state index >= 15 is 0 Å². The van der Waals surface area contributed by atoms with E-state index in [-0.39, 0.29) is 11.2 Å². The monoisotopic (exact) mass is 575 g/mol. The molecule has 0 saturated heterocycles. The first kappa shape index (κ1) is 28.9. The molecule has 2 aromatic heterocycles. The zero-order valence-corrected chi connectivity index (χ0v) is 25.9. The fraction of sp³-hybridized carbons (Fsp3) is 0.150. The van der Waals surface area contributed by atoms with E-state index in [1.54, 1.807) is 6.20 Å². The Kier molecular flexibility index (Phi) is 7.75. The summed E-state index contributed by atoms with van der Waals surface area (Å²) in [5.41, 5.74) is 10.8. The summed E-state index contributed by atoms with van der Waals surface area (Å²) in [7, 11) is 0. The molecule has 0 bridgehead atoms. The average Bonchev–Trinajstić information content (AvgIpc) is 3.03. The van der Waals surface area contributed by atoms with Crippen LogP contribution in [-0.4, -0.2) is 15.1 Å². The van der Waals surface area contributed by atoms with Crippen LogP contribution in [0.15, 0.2) is 128 Å². The largest absolute Gasteiger partial charge is 0.507 e. The Morgan fingerprint density at radius 3 is 1.91 bits per heavy atom. The minimum atomic E-state index is 0.0250. The molecule has 6 aromatic rings. The number of hydrogen-bond acceptors (Lipinski definition) is 4. The number of nitrogens with zero attached hydrogens (tertiary/aromatic N) is 3. The standard InChI is InChI=1S/C40H37N3O/c1-27-24-31(40(3,4)5)25-28(2)38(27)43(37-22-13-21-36(42-37)35-20-9-10-23-41-35)32-17-11-16-30(26-32)34-19-12-18-33(39(34)44)29-14-7-6-8-15-29/h6-26,44H,1-5H3. The maximum atomic E-state index is 11.5. The third kappa shape index (κ3) is 5.71. The minimum absolute atomic E-state index is 0.0250. The van der Waals surface area contributed by atoms with Gasteiger partial charge in [-0.25, -0.2) is 4.98 Å². The topological polar surface area (TPSA) is 49.2 Å². The summed E-state index contributed by atoms with van der Waals surface area (Å²) in [6.07, 6.45) is 1.79. The Morgan fingerprint density at radius 2 is 1.23 bits per heavy atom. The molecule has 0 spiro atoms. The minimum Gasteiger partial charge on any atom is -0.507 e. The molecule has 4 heteroatoms. The molecule has 4 nitrogen and oxygen atoms in total. The molecular formula is C40H37N3O. The third-order valence-corrected chi connectivity index (χ3v) is 8.01. The summed E-state index contributed by atoms with van der Waals surface area (Å²) in [6.45, 7) is 11.1. The van der Waals surface area contributed by atoms with Gasteiger partial charge < -0.3 is 5.11 Å². The van der Waals surface area contributed by atoms with Gasteiger partial charge in [-0.15, -0.1) is 0 Å². The molecule has 0 amide bonds. The van der Waals surface area contributed by atoms with E-state index < -0.39 is 0 Å². The predicted molar refractivity (Wildman–Crippen MR) is 183 cm³/mol. The van der Waals surface area contributed by atoms with Crippen molar-refractivity contribution in [2.75, 3.05) is 4.90 Å². The first-order valence-corrected chi connectivity index (χ1v) is 15.0. The maximum Gasteiger partial charge on any atom is 0.138 e. The molecule has 1 N–H and O–H groups in total. The van der Waals surface area contributed by atoms with Crippen LogP contribution in [-0.2, 0) is 5.41 Å². The van der Waals surface area contributed by atoms with Gasteiger partial charge in [0, 0.05) is 23.0 Å². The van der Waals surface area contributed by atoms with E-state index in [4.69, 9.17) is 4.98 Å². The number of hydrogen-bond donors (Lipinski definition) is 1. The third-order valence-electron chi connectivity index (χ3n) is 8.01. The number of pyridine rings is 2. The van der Waals surface area contributed by atoms with Crippen LogP contribution in [0.1, 0.15) is 37.5 Å². The molecule has 0 atom stereocenters. The number of aromatic hydroxyl groups is 1. The molecule has 6 rings (SSSR count).